The van der Waals surface area contributed by atoms with E-state index in [9.17, 15) is 0 Å². The molecule has 0 atom stereocenters. The van der Waals surface area contributed by atoms with Gasteiger partial charge in [-0.15, -0.1) is 0 Å². The van der Waals surface area contributed by atoms with E-state index in [1.54, 1.807) is 18.5 Å². The molecular formula is C4H3N2STl. The Hall–Kier alpha value is 0.222. The summed E-state index contributed by atoms with van der Waals surface area (Å²) in [7, 11) is 0. The van der Waals surface area contributed by atoms with Gasteiger partial charge in [0.2, 0.25) is 0 Å². The molecule has 0 amide bonds. The van der Waals surface area contributed by atoms with Gasteiger partial charge in [0.1, 0.15) is 0 Å². The fourth-order valence-corrected chi connectivity index (χ4v) is 0.407. The Bertz CT molecular complexity index is 144. The zero-order valence-corrected chi connectivity index (χ0v) is 9.42. The van der Waals surface area contributed by atoms with Crippen molar-refractivity contribution < 1.29 is 0 Å². The molecule has 1 aromatic heterocycles. The van der Waals surface area contributed by atoms with Gasteiger partial charge in [-0.25, -0.2) is 0 Å². The molecule has 4 heteroatoms. The molecule has 0 bridgehead atoms. The van der Waals surface area contributed by atoms with Crippen molar-refractivity contribution in [3.8, 4) is 0 Å². The molecule has 8 heavy (non-hydrogen) atoms. The summed E-state index contributed by atoms with van der Waals surface area (Å²) in [5.41, 5.74) is 0. The van der Waals surface area contributed by atoms with Crippen molar-refractivity contribution in [3.05, 3.63) is 18.5 Å². The van der Waals surface area contributed by atoms with E-state index >= 15 is 0 Å². The monoisotopic (exact) mass is 316 g/mol. The second-order valence-corrected chi connectivity index (χ2v) is 1.40. The van der Waals surface area contributed by atoms with Crippen LogP contribution in [-0.4, -0.2) is 37.3 Å². The van der Waals surface area contributed by atoms with Gasteiger partial charge in [0, 0.05) is 17.6 Å². The molecule has 0 spiro atoms. The standard InChI is InChI=1S/C4H4N2S.Tl/c7-4-5-2-1-3-6-4;/h1-3H,(H,5,6,7);/q;+1/p-1. The summed E-state index contributed by atoms with van der Waals surface area (Å²) in [5.74, 6) is 0. The number of hydrogen-bond acceptors (Lipinski definition) is 3. The van der Waals surface area contributed by atoms with Crippen molar-refractivity contribution in [3.63, 3.8) is 0 Å². The van der Waals surface area contributed by atoms with Crippen LogP contribution >= 0.6 is 0 Å². The molecule has 38 valence electrons. The van der Waals surface area contributed by atoms with Gasteiger partial charge in [-0.3, -0.25) is 9.97 Å². The summed E-state index contributed by atoms with van der Waals surface area (Å²) in [6.07, 6.45) is 3.24. The molecule has 0 unspecified atom stereocenters. The predicted octanol–water partition coefficient (Wildman–Crippen LogP) is 0.00160. The van der Waals surface area contributed by atoms with Crippen LogP contribution in [0.3, 0.4) is 0 Å². The van der Waals surface area contributed by atoms with Crippen molar-refractivity contribution in [1.82, 2.24) is 9.97 Å². The average Bonchev–Trinajstić information content (AvgIpc) is 1.69. The first-order valence-electron chi connectivity index (χ1n) is 1.83. The predicted molar refractivity (Wildman–Crippen MR) is 33.4 cm³/mol. The Kier molecular flexibility index (Phi) is 4.25. The normalized spacial score (nSPS) is 7.50. The molecule has 0 fully saturated rings. The van der Waals surface area contributed by atoms with Gasteiger partial charge >= 0.3 is 27.3 Å². The van der Waals surface area contributed by atoms with Crippen LogP contribution in [0.2, 0.25) is 0 Å². The molecule has 0 radical (unpaired) electrons. The van der Waals surface area contributed by atoms with Crippen LogP contribution in [0.5, 0.6) is 0 Å². The smallest absolute Gasteiger partial charge is 0.740 e. The summed E-state index contributed by atoms with van der Waals surface area (Å²) in [4.78, 5) is 7.37. The molecule has 0 aromatic carbocycles. The Balaban J connectivity index is 0.000000490. The minimum absolute atomic E-state index is 0. The molecule has 2 nitrogen and oxygen atoms in total. The molecule has 0 N–H and O–H groups in total. The Morgan fingerprint density at radius 1 is 1.25 bits per heavy atom. The topological polar surface area (TPSA) is 25.8 Å². The second kappa shape index (κ2) is 4.14. The first-order chi connectivity index (χ1) is 3.39. The SMILES string of the molecule is [S-]c1ncccn1.[Tl+]. The van der Waals surface area contributed by atoms with E-state index in [1.165, 1.54) is 0 Å². The van der Waals surface area contributed by atoms with Crippen LogP contribution in [0.25, 0.3) is 0 Å². The van der Waals surface area contributed by atoms with E-state index in [1.807, 2.05) is 0 Å². The third-order valence-electron chi connectivity index (χ3n) is 0.542. The molecule has 0 saturated heterocycles. The van der Waals surface area contributed by atoms with Crippen LogP contribution in [0.15, 0.2) is 23.6 Å². The van der Waals surface area contributed by atoms with Crippen molar-refractivity contribution in [2.75, 3.05) is 0 Å². The van der Waals surface area contributed by atoms with Crippen LogP contribution in [0.1, 0.15) is 0 Å². The molecule has 0 aliphatic heterocycles. The molecule has 0 saturated carbocycles. The summed E-state index contributed by atoms with van der Waals surface area (Å²) < 4.78 is 0. The Labute approximate surface area is 73.3 Å². The first kappa shape index (κ1) is 8.22. The van der Waals surface area contributed by atoms with E-state index in [-0.39, 0.29) is 27.3 Å². The van der Waals surface area contributed by atoms with Crippen LogP contribution in [-0.2, 0) is 12.6 Å². The Morgan fingerprint density at radius 3 is 2.00 bits per heavy atom. The molecule has 1 heterocycles. The fraction of sp³-hybridized carbons (Fsp3) is 0. The van der Waals surface area contributed by atoms with Crippen LogP contribution in [0, 0.1) is 0 Å². The van der Waals surface area contributed by atoms with Gasteiger partial charge in [0.25, 0.3) is 0 Å². The largest absolute Gasteiger partial charge is 1.00 e. The number of aromatic nitrogens is 2. The fourth-order valence-electron chi connectivity index (χ4n) is 0.285. The average molecular weight is 316 g/mol. The molecule has 0 aliphatic rings. The number of nitrogens with zero attached hydrogens (tertiary/aromatic N) is 2. The third kappa shape index (κ3) is 2.51. The maximum Gasteiger partial charge on any atom is 1.00 e. The molecule has 1 aromatic rings. The van der Waals surface area contributed by atoms with Crippen molar-refractivity contribution >= 4 is 39.9 Å². The number of hydrogen-bond donors (Lipinski definition) is 0. The van der Waals surface area contributed by atoms with Crippen LogP contribution < -0.4 is 0 Å². The van der Waals surface area contributed by atoms with Gasteiger partial charge in [-0.2, -0.15) is 0 Å². The van der Waals surface area contributed by atoms with E-state index in [0.717, 1.165) is 0 Å². The van der Waals surface area contributed by atoms with Crippen LogP contribution in [0.4, 0.5) is 0 Å². The van der Waals surface area contributed by atoms with Crippen molar-refractivity contribution in [2.24, 2.45) is 0 Å². The van der Waals surface area contributed by atoms with E-state index < -0.39 is 0 Å². The summed E-state index contributed by atoms with van der Waals surface area (Å²) >= 11 is 4.59. The van der Waals surface area contributed by atoms with Gasteiger partial charge in [-0.1, -0.05) is 0 Å². The van der Waals surface area contributed by atoms with Gasteiger partial charge < -0.3 is 12.6 Å². The molecule has 0 aliphatic carbocycles. The second-order valence-electron chi connectivity index (χ2n) is 1.03. The van der Waals surface area contributed by atoms with Crippen molar-refractivity contribution in [2.45, 2.75) is 5.16 Å². The van der Waals surface area contributed by atoms with Gasteiger partial charge in [0.15, 0.2) is 0 Å². The molecule has 1 rings (SSSR count). The number of rotatable bonds is 0. The summed E-state index contributed by atoms with van der Waals surface area (Å²) in [5, 5.41) is 0.405. The van der Waals surface area contributed by atoms with Crippen molar-refractivity contribution in [1.29, 1.82) is 0 Å². The minimum atomic E-state index is 0. The maximum absolute atomic E-state index is 4.59. The van der Waals surface area contributed by atoms with Gasteiger partial charge in [0.05, 0.1) is 0 Å². The minimum Gasteiger partial charge on any atom is -0.740 e. The maximum atomic E-state index is 4.59. The zero-order chi connectivity index (χ0) is 5.11. The van der Waals surface area contributed by atoms with E-state index in [4.69, 9.17) is 0 Å². The van der Waals surface area contributed by atoms with Gasteiger partial charge in [-0.05, 0) is 6.07 Å². The van der Waals surface area contributed by atoms with E-state index in [0.29, 0.717) is 5.16 Å². The zero-order valence-electron chi connectivity index (χ0n) is 4.11. The summed E-state index contributed by atoms with van der Waals surface area (Å²) in [6.45, 7) is 0. The van der Waals surface area contributed by atoms with E-state index in [2.05, 4.69) is 22.6 Å². The third-order valence-corrected chi connectivity index (χ3v) is 0.753. The quantitative estimate of drug-likeness (QED) is 0.383. The first-order valence-corrected chi connectivity index (χ1v) is 2.24. The molecular weight excluding hydrogens is 313 g/mol. The summed E-state index contributed by atoms with van der Waals surface area (Å²) in [6, 6.07) is 1.73. The Morgan fingerprint density at radius 2 is 1.75 bits per heavy atom.